The van der Waals surface area contributed by atoms with E-state index in [4.69, 9.17) is 5.73 Å². The van der Waals surface area contributed by atoms with Gasteiger partial charge in [-0.15, -0.1) is 0 Å². The van der Waals surface area contributed by atoms with Gasteiger partial charge in [0.2, 0.25) is 11.8 Å². The summed E-state index contributed by atoms with van der Waals surface area (Å²) < 4.78 is 0.958. The summed E-state index contributed by atoms with van der Waals surface area (Å²) in [7, 11) is 0. The molecule has 0 bridgehead atoms. The fraction of sp³-hybridized carbons (Fsp3) is 0.0435. The summed E-state index contributed by atoms with van der Waals surface area (Å²) in [6, 6.07) is 22.0. The van der Waals surface area contributed by atoms with Gasteiger partial charge in [0, 0.05) is 16.2 Å². The van der Waals surface area contributed by atoms with Crippen LogP contribution in [-0.4, -0.2) is 11.8 Å². The van der Waals surface area contributed by atoms with Crippen LogP contribution in [-0.2, 0) is 16.0 Å². The van der Waals surface area contributed by atoms with Gasteiger partial charge >= 0.3 is 0 Å². The third-order valence-electron chi connectivity index (χ3n) is 4.12. The highest BCUT2D eigenvalue weighted by molar-refractivity contribution is 9.10. The largest absolute Gasteiger partial charge is 0.397 e. The standard InChI is InChI=1S/C23H20BrN3O2/c24-18-10-12-19(13-11-18)26-23(29)15-17-7-5-16(6-8-17)9-14-22(28)27-21-4-2-1-3-20(21)25/h1-14H,15,25H2,(H,26,29)(H,27,28)/b14-9+. The SMILES string of the molecule is Nc1ccccc1NC(=O)/C=C/c1ccc(CC(=O)Nc2ccc(Br)cc2)cc1. The van der Waals surface area contributed by atoms with Crippen LogP contribution >= 0.6 is 15.9 Å². The Morgan fingerprint density at radius 2 is 1.59 bits per heavy atom. The van der Waals surface area contributed by atoms with Crippen molar-refractivity contribution in [3.63, 3.8) is 0 Å². The third-order valence-corrected chi connectivity index (χ3v) is 4.65. The maximum atomic E-state index is 12.2. The summed E-state index contributed by atoms with van der Waals surface area (Å²) in [6.45, 7) is 0. The van der Waals surface area contributed by atoms with Gasteiger partial charge in [0.15, 0.2) is 0 Å². The topological polar surface area (TPSA) is 84.2 Å². The van der Waals surface area contributed by atoms with E-state index in [1.54, 1.807) is 24.3 Å². The van der Waals surface area contributed by atoms with E-state index in [1.807, 2.05) is 54.6 Å². The highest BCUT2D eigenvalue weighted by Crippen LogP contribution is 2.17. The second kappa shape index (κ2) is 9.71. The molecule has 0 aliphatic heterocycles. The Morgan fingerprint density at radius 3 is 2.28 bits per heavy atom. The minimum absolute atomic E-state index is 0.0876. The van der Waals surface area contributed by atoms with Gasteiger partial charge < -0.3 is 16.4 Å². The van der Waals surface area contributed by atoms with Crippen molar-refractivity contribution in [3.8, 4) is 0 Å². The maximum absolute atomic E-state index is 12.2. The summed E-state index contributed by atoms with van der Waals surface area (Å²) >= 11 is 3.36. The molecular formula is C23H20BrN3O2. The number of halogens is 1. The van der Waals surface area contributed by atoms with Crippen molar-refractivity contribution in [1.82, 2.24) is 0 Å². The molecule has 146 valence electrons. The van der Waals surface area contributed by atoms with E-state index in [9.17, 15) is 9.59 Å². The third kappa shape index (κ3) is 6.33. The number of hydrogen-bond acceptors (Lipinski definition) is 3. The van der Waals surface area contributed by atoms with E-state index in [1.165, 1.54) is 6.08 Å². The minimum Gasteiger partial charge on any atom is -0.397 e. The number of rotatable bonds is 6. The highest BCUT2D eigenvalue weighted by atomic mass is 79.9. The minimum atomic E-state index is -0.263. The van der Waals surface area contributed by atoms with E-state index in [-0.39, 0.29) is 18.2 Å². The molecule has 0 fully saturated rings. The summed E-state index contributed by atoms with van der Waals surface area (Å²) in [6.07, 6.45) is 3.43. The van der Waals surface area contributed by atoms with Crippen LogP contribution in [0.2, 0.25) is 0 Å². The lowest BCUT2D eigenvalue weighted by atomic mass is 10.1. The zero-order valence-corrected chi connectivity index (χ0v) is 17.1. The summed E-state index contributed by atoms with van der Waals surface area (Å²) in [5, 5.41) is 5.60. The number of nitrogen functional groups attached to an aromatic ring is 1. The number of para-hydroxylation sites is 2. The summed E-state index contributed by atoms with van der Waals surface area (Å²) in [5.74, 6) is -0.351. The van der Waals surface area contributed by atoms with Crippen molar-refractivity contribution in [2.24, 2.45) is 0 Å². The molecule has 0 unspecified atom stereocenters. The predicted octanol–water partition coefficient (Wildman–Crippen LogP) is 4.86. The molecule has 6 heteroatoms. The molecule has 0 spiro atoms. The number of anilines is 3. The summed E-state index contributed by atoms with van der Waals surface area (Å²) in [4.78, 5) is 24.2. The number of amides is 2. The molecule has 2 amide bonds. The molecule has 0 saturated carbocycles. The number of carbonyl (C=O) groups is 2. The van der Waals surface area contributed by atoms with Crippen LogP contribution in [0.5, 0.6) is 0 Å². The Labute approximate surface area is 177 Å². The van der Waals surface area contributed by atoms with Gasteiger partial charge in [-0.1, -0.05) is 52.3 Å². The molecule has 0 radical (unpaired) electrons. The van der Waals surface area contributed by atoms with Crippen LogP contribution in [0, 0.1) is 0 Å². The van der Waals surface area contributed by atoms with Crippen LogP contribution in [0.1, 0.15) is 11.1 Å². The van der Waals surface area contributed by atoms with E-state index in [0.29, 0.717) is 11.4 Å². The van der Waals surface area contributed by atoms with Gasteiger partial charge in [0.25, 0.3) is 0 Å². The molecule has 29 heavy (non-hydrogen) atoms. The second-order valence-corrected chi connectivity index (χ2v) is 7.30. The predicted molar refractivity (Wildman–Crippen MR) is 121 cm³/mol. The van der Waals surface area contributed by atoms with Crippen molar-refractivity contribution in [2.75, 3.05) is 16.4 Å². The lowest BCUT2D eigenvalue weighted by Crippen LogP contribution is -2.14. The monoisotopic (exact) mass is 449 g/mol. The van der Waals surface area contributed by atoms with Crippen LogP contribution < -0.4 is 16.4 Å². The van der Waals surface area contributed by atoms with Crippen molar-refractivity contribution >= 4 is 50.9 Å². The molecule has 3 aromatic rings. The Kier molecular flexibility index (Phi) is 6.81. The molecule has 4 N–H and O–H groups in total. The van der Waals surface area contributed by atoms with E-state index in [0.717, 1.165) is 21.3 Å². The number of hydrogen-bond donors (Lipinski definition) is 3. The second-order valence-electron chi connectivity index (χ2n) is 6.38. The average molecular weight is 450 g/mol. The van der Waals surface area contributed by atoms with Gasteiger partial charge in [0.05, 0.1) is 17.8 Å². The lowest BCUT2D eigenvalue weighted by Gasteiger charge is -2.06. The lowest BCUT2D eigenvalue weighted by molar-refractivity contribution is -0.115. The quantitative estimate of drug-likeness (QED) is 0.370. The van der Waals surface area contributed by atoms with E-state index >= 15 is 0 Å². The fourth-order valence-corrected chi connectivity index (χ4v) is 2.89. The molecule has 3 rings (SSSR count). The molecule has 0 heterocycles. The van der Waals surface area contributed by atoms with Crippen molar-refractivity contribution in [1.29, 1.82) is 0 Å². The van der Waals surface area contributed by atoms with Gasteiger partial charge in [-0.25, -0.2) is 0 Å². The van der Waals surface area contributed by atoms with Gasteiger partial charge in [-0.2, -0.15) is 0 Å². The molecule has 0 saturated heterocycles. The van der Waals surface area contributed by atoms with Crippen LogP contribution in [0.15, 0.2) is 83.3 Å². The molecule has 5 nitrogen and oxygen atoms in total. The number of carbonyl (C=O) groups excluding carboxylic acids is 2. The Balaban J connectivity index is 1.53. The van der Waals surface area contributed by atoms with Crippen molar-refractivity contribution in [3.05, 3.63) is 94.5 Å². The van der Waals surface area contributed by atoms with Crippen molar-refractivity contribution < 1.29 is 9.59 Å². The molecule has 0 aliphatic carbocycles. The normalized spacial score (nSPS) is 10.7. The fourth-order valence-electron chi connectivity index (χ4n) is 2.63. The molecule has 0 aromatic heterocycles. The first-order chi connectivity index (χ1) is 14.0. The molecular weight excluding hydrogens is 430 g/mol. The Hall–Kier alpha value is -3.38. The first-order valence-electron chi connectivity index (χ1n) is 8.97. The van der Waals surface area contributed by atoms with Gasteiger partial charge in [-0.3, -0.25) is 9.59 Å². The van der Waals surface area contributed by atoms with E-state index in [2.05, 4.69) is 26.6 Å². The summed E-state index contributed by atoms with van der Waals surface area (Å²) in [5.41, 5.74) is 9.41. The Morgan fingerprint density at radius 1 is 0.897 bits per heavy atom. The van der Waals surface area contributed by atoms with Crippen LogP contribution in [0.4, 0.5) is 17.1 Å². The Bertz CT molecular complexity index is 1030. The first-order valence-corrected chi connectivity index (χ1v) is 9.77. The van der Waals surface area contributed by atoms with E-state index < -0.39 is 0 Å². The maximum Gasteiger partial charge on any atom is 0.248 e. The zero-order valence-electron chi connectivity index (χ0n) is 15.6. The van der Waals surface area contributed by atoms with Crippen molar-refractivity contribution in [2.45, 2.75) is 6.42 Å². The average Bonchev–Trinajstić information content (AvgIpc) is 2.71. The van der Waals surface area contributed by atoms with Gasteiger partial charge in [0.1, 0.15) is 0 Å². The molecule has 3 aromatic carbocycles. The number of nitrogens with two attached hydrogens (primary N) is 1. The highest BCUT2D eigenvalue weighted by Gasteiger charge is 2.05. The number of benzene rings is 3. The smallest absolute Gasteiger partial charge is 0.248 e. The molecule has 0 atom stereocenters. The number of nitrogens with one attached hydrogen (secondary N) is 2. The first kappa shape index (κ1) is 20.4. The zero-order chi connectivity index (χ0) is 20.6. The van der Waals surface area contributed by atoms with Gasteiger partial charge in [-0.05, 0) is 53.6 Å². The molecule has 0 aliphatic rings. The van der Waals surface area contributed by atoms with Crippen LogP contribution in [0.25, 0.3) is 6.08 Å². The van der Waals surface area contributed by atoms with Crippen LogP contribution in [0.3, 0.4) is 0 Å².